The lowest BCUT2D eigenvalue weighted by Crippen LogP contribution is -2.60. The minimum absolute atomic E-state index is 0.0142. The molecule has 3 saturated carbocycles. The van der Waals surface area contributed by atoms with E-state index in [9.17, 15) is 36.7 Å². The predicted octanol–water partition coefficient (Wildman–Crippen LogP) is 5.53. The number of sulfonamides is 1. The average Bonchev–Trinajstić information content (AvgIpc) is 4.05. The molecule has 1 aromatic carbocycles. The molecule has 1 saturated heterocycles. The minimum atomic E-state index is -4.04. The van der Waals surface area contributed by atoms with E-state index in [0.29, 0.717) is 62.8 Å². The predicted molar refractivity (Wildman–Crippen MR) is 205 cm³/mol. The number of ether oxygens (including phenoxy) is 1. The van der Waals surface area contributed by atoms with Crippen LogP contribution in [0.4, 0.5) is 13.6 Å². The number of rotatable bonds is 5. The highest BCUT2D eigenvalue weighted by atomic mass is 32.2. The van der Waals surface area contributed by atoms with Gasteiger partial charge in [0.15, 0.2) is 0 Å². The Morgan fingerprint density at radius 3 is 2.49 bits per heavy atom. The summed E-state index contributed by atoms with van der Waals surface area (Å²) in [6, 6.07) is 4.42. The van der Waals surface area contributed by atoms with Crippen molar-refractivity contribution in [2.75, 3.05) is 6.54 Å². The van der Waals surface area contributed by atoms with Crippen molar-refractivity contribution in [3.8, 4) is 5.75 Å². The molecule has 8 rings (SSSR count). The normalized spacial score (nSPS) is 31.7. The van der Waals surface area contributed by atoms with E-state index in [0.717, 1.165) is 21.4 Å². The number of hydrogen-bond donors (Lipinski definition) is 3. The molecule has 4 heterocycles. The maximum absolute atomic E-state index is 15.1. The van der Waals surface area contributed by atoms with Gasteiger partial charge in [-0.15, -0.1) is 0 Å². The van der Waals surface area contributed by atoms with Crippen molar-refractivity contribution in [3.05, 3.63) is 47.7 Å². The summed E-state index contributed by atoms with van der Waals surface area (Å²) in [6.45, 7) is 3.33. The molecule has 0 unspecified atom stereocenters. The lowest BCUT2D eigenvalue weighted by atomic mass is 9.87. The Morgan fingerprint density at radius 2 is 1.77 bits per heavy atom. The van der Waals surface area contributed by atoms with Crippen LogP contribution in [-0.4, -0.2) is 98.6 Å². The zero-order valence-electron chi connectivity index (χ0n) is 32.4. The molecule has 4 fully saturated rings. The third-order valence-electron chi connectivity index (χ3n) is 13.5. The first kappa shape index (κ1) is 39.5. The number of pyridine rings is 1. The Kier molecular flexibility index (Phi) is 9.83. The Labute approximate surface area is 331 Å². The molecule has 1 aromatic heterocycles. The van der Waals surface area contributed by atoms with Crippen molar-refractivity contribution in [1.82, 2.24) is 24.8 Å². The van der Waals surface area contributed by atoms with Gasteiger partial charge in [-0.3, -0.25) is 24.0 Å². The molecule has 6 aliphatic rings. The molecule has 13 nitrogen and oxygen atoms in total. The summed E-state index contributed by atoms with van der Waals surface area (Å²) in [5, 5.41) is 14.5. The molecule has 1 spiro atoms. The Bertz CT molecular complexity index is 2140. The molecular weight excluding hydrogens is 761 g/mol. The van der Waals surface area contributed by atoms with Gasteiger partial charge in [0.25, 0.3) is 5.91 Å². The quantitative estimate of drug-likeness (QED) is 0.328. The molecule has 4 amide bonds. The van der Waals surface area contributed by atoms with Crippen molar-refractivity contribution >= 4 is 44.7 Å². The van der Waals surface area contributed by atoms with E-state index in [2.05, 4.69) is 10.0 Å². The third kappa shape index (κ3) is 7.24. The highest BCUT2D eigenvalue weighted by molar-refractivity contribution is 7.91. The van der Waals surface area contributed by atoms with Gasteiger partial charge in [-0.2, -0.15) is 0 Å². The van der Waals surface area contributed by atoms with Gasteiger partial charge < -0.3 is 20.1 Å². The maximum atomic E-state index is 15.1. The number of carbonyl (C=O) groups is 4. The molecule has 16 heteroatoms. The highest BCUT2D eigenvalue weighted by Gasteiger charge is 2.64. The van der Waals surface area contributed by atoms with Crippen LogP contribution in [0.5, 0.6) is 5.75 Å². The SMILES string of the molecule is Cc1nc2ccccc2c2c1O[C@]1(CC2)C[C@H]2C(=O)N[C@]3(C(=O)NS(=O)(=O)C4(C)CC4)C[C@H]3/C=C\CCCCC[C@H](N(C(=O)O)C3CCC(F)(F)CC3)C(=O)N2C1. The van der Waals surface area contributed by atoms with E-state index >= 15 is 4.79 Å². The summed E-state index contributed by atoms with van der Waals surface area (Å²) in [4.78, 5) is 64.1. The monoisotopic (exact) mass is 811 g/mol. The van der Waals surface area contributed by atoms with E-state index < -0.39 is 92.5 Å². The number of aryl methyl sites for hydroxylation is 2. The Balaban J connectivity index is 1.16. The number of halogens is 2. The molecule has 308 valence electrons. The summed E-state index contributed by atoms with van der Waals surface area (Å²) >= 11 is 0. The van der Waals surface area contributed by atoms with E-state index in [4.69, 9.17) is 9.72 Å². The lowest BCUT2D eigenvalue weighted by Gasteiger charge is -2.41. The van der Waals surface area contributed by atoms with Crippen molar-refractivity contribution in [3.63, 3.8) is 0 Å². The number of hydrogen-bond acceptors (Lipinski definition) is 8. The zero-order chi connectivity index (χ0) is 40.5. The van der Waals surface area contributed by atoms with Crippen LogP contribution in [0.25, 0.3) is 10.9 Å². The second-order valence-corrected chi connectivity index (χ2v) is 19.7. The van der Waals surface area contributed by atoms with Crippen molar-refractivity contribution in [1.29, 1.82) is 0 Å². The smallest absolute Gasteiger partial charge is 0.408 e. The summed E-state index contributed by atoms with van der Waals surface area (Å²) in [5.74, 6) is -5.00. The van der Waals surface area contributed by atoms with Crippen molar-refractivity contribution < 1.29 is 46.2 Å². The average molecular weight is 812 g/mol. The van der Waals surface area contributed by atoms with Gasteiger partial charge in [0.1, 0.15) is 29.0 Å². The second kappa shape index (κ2) is 14.2. The number of amides is 4. The Morgan fingerprint density at radius 1 is 1.04 bits per heavy atom. The summed E-state index contributed by atoms with van der Waals surface area (Å²) in [7, 11) is -4.04. The fourth-order valence-electron chi connectivity index (χ4n) is 9.59. The molecular formula is C41H51F2N5O8S. The number of carbonyl (C=O) groups excluding carboxylic acids is 3. The van der Waals surface area contributed by atoms with E-state index in [1.165, 1.54) is 4.90 Å². The molecule has 5 atom stereocenters. The number of para-hydroxylation sites is 1. The van der Waals surface area contributed by atoms with Gasteiger partial charge in [0, 0.05) is 42.2 Å². The number of alkyl halides is 2. The van der Waals surface area contributed by atoms with Crippen LogP contribution < -0.4 is 14.8 Å². The van der Waals surface area contributed by atoms with Crippen LogP contribution >= 0.6 is 0 Å². The van der Waals surface area contributed by atoms with Gasteiger partial charge >= 0.3 is 6.09 Å². The minimum Gasteiger partial charge on any atom is -0.483 e. The first-order valence-electron chi connectivity index (χ1n) is 20.3. The fraction of sp³-hybridized carbons (Fsp3) is 0.634. The van der Waals surface area contributed by atoms with Crippen LogP contribution in [0.1, 0.15) is 108 Å². The number of carboxylic acid groups (broad SMARTS) is 1. The van der Waals surface area contributed by atoms with E-state index in [1.807, 2.05) is 43.3 Å². The summed E-state index contributed by atoms with van der Waals surface area (Å²) < 4.78 is 63.1. The number of fused-ring (bicyclic) bond motifs is 5. The molecule has 3 N–H and O–H groups in total. The number of allylic oxidation sites excluding steroid dienone is 1. The van der Waals surface area contributed by atoms with Crippen LogP contribution in [0.2, 0.25) is 0 Å². The topological polar surface area (TPSA) is 175 Å². The van der Waals surface area contributed by atoms with Crippen LogP contribution in [0.3, 0.4) is 0 Å². The van der Waals surface area contributed by atoms with Gasteiger partial charge in [-0.1, -0.05) is 43.2 Å². The maximum Gasteiger partial charge on any atom is 0.408 e. The molecule has 3 aliphatic carbocycles. The van der Waals surface area contributed by atoms with Gasteiger partial charge in [0.2, 0.25) is 27.8 Å². The molecule has 3 aliphatic heterocycles. The molecule has 0 radical (unpaired) electrons. The number of nitrogens with one attached hydrogen (secondary N) is 2. The number of nitrogens with zero attached hydrogens (tertiary/aromatic N) is 3. The first-order chi connectivity index (χ1) is 27.0. The highest BCUT2D eigenvalue weighted by Crippen LogP contribution is 2.49. The molecule has 2 aromatic rings. The van der Waals surface area contributed by atoms with Crippen LogP contribution in [-0.2, 0) is 30.8 Å². The number of benzene rings is 1. The van der Waals surface area contributed by atoms with Crippen molar-refractivity contribution in [2.45, 2.75) is 150 Å². The zero-order valence-corrected chi connectivity index (χ0v) is 33.2. The van der Waals surface area contributed by atoms with Gasteiger partial charge in [-0.25, -0.2) is 27.0 Å². The van der Waals surface area contributed by atoms with E-state index in [1.54, 1.807) is 6.92 Å². The van der Waals surface area contributed by atoms with Gasteiger partial charge in [0.05, 0.1) is 22.5 Å². The van der Waals surface area contributed by atoms with Crippen LogP contribution in [0, 0.1) is 12.8 Å². The molecule has 57 heavy (non-hydrogen) atoms. The standard InChI is InChI=1S/C41H51F2N5O8S/c1-25-33-29(28-11-8-9-12-30(28)44-25)16-17-39(56-33)23-32-34(49)45-41(36(51)46-57(54,55)38(2)20-21-38)22-26(41)10-6-4-3-5-7-13-31(35(50)47(32)24-39)48(37(52)53)27-14-18-40(42,43)19-15-27/h6,8-12,26-27,31-32H,3-5,7,13-24H2,1-2H3,(H,45,49)(H,46,51)(H,52,53)/b10-6-/t26-,31+,32+,39-,41-/m1/s1. The Hall–Kier alpha value is -4.34. The van der Waals surface area contributed by atoms with E-state index in [-0.39, 0.29) is 38.6 Å². The molecule has 0 bridgehead atoms. The van der Waals surface area contributed by atoms with Crippen LogP contribution in [0.15, 0.2) is 36.4 Å². The first-order valence-corrected chi connectivity index (χ1v) is 21.8. The van der Waals surface area contributed by atoms with Gasteiger partial charge in [-0.05, 0) is 84.1 Å². The number of aromatic nitrogens is 1. The summed E-state index contributed by atoms with van der Waals surface area (Å²) in [5.41, 5.74) is -0.259. The van der Waals surface area contributed by atoms with Crippen molar-refractivity contribution in [2.24, 2.45) is 5.92 Å². The summed E-state index contributed by atoms with van der Waals surface area (Å²) in [6.07, 6.45) is 5.62. The third-order valence-corrected chi connectivity index (χ3v) is 15.6. The fourth-order valence-corrected chi connectivity index (χ4v) is 10.9. The second-order valence-electron chi connectivity index (χ2n) is 17.5. The lowest BCUT2D eigenvalue weighted by molar-refractivity contribution is -0.144. The largest absolute Gasteiger partial charge is 0.483 e.